The van der Waals surface area contributed by atoms with E-state index in [1.54, 1.807) is 11.8 Å². The molecule has 0 fully saturated rings. The fraction of sp³-hybridized carbons (Fsp3) is 0.167. The molecule has 3 heteroatoms. The molecule has 1 aliphatic rings. The van der Waals surface area contributed by atoms with Gasteiger partial charge in [0.05, 0.1) is 11.8 Å². The lowest BCUT2D eigenvalue weighted by atomic mass is 10.1. The van der Waals surface area contributed by atoms with Gasteiger partial charge in [0.25, 0.3) is 0 Å². The molecule has 0 spiro atoms. The third-order valence-electron chi connectivity index (χ3n) is 3.30. The molecule has 0 unspecified atom stereocenters. The summed E-state index contributed by atoms with van der Waals surface area (Å²) in [5, 5.41) is 2.87. The third kappa shape index (κ3) is 3.48. The quantitative estimate of drug-likeness (QED) is 0.863. The van der Waals surface area contributed by atoms with Crippen molar-refractivity contribution < 1.29 is 4.79 Å². The first kappa shape index (κ1) is 13.8. The summed E-state index contributed by atoms with van der Waals surface area (Å²) in [6.45, 7) is 0.390. The number of hydrogen-bond acceptors (Lipinski definition) is 2. The van der Waals surface area contributed by atoms with E-state index >= 15 is 0 Å². The average Bonchev–Trinajstić information content (AvgIpc) is 2.96. The standard InChI is InChI=1S/C18H15NOS/c20-18(17-13-15-10-4-5-11-16(15)21-17)19-12-6-9-14-7-2-1-3-8-14/h1-5,7-8,10-11,17H,12-13H2,(H,19,20)/t17-/m1/s1. The maximum absolute atomic E-state index is 12.1. The van der Waals surface area contributed by atoms with Crippen molar-refractivity contribution in [2.75, 3.05) is 6.54 Å². The first-order valence-electron chi connectivity index (χ1n) is 6.89. The Hall–Kier alpha value is -2.18. The van der Waals surface area contributed by atoms with Crippen LogP contribution in [0.4, 0.5) is 0 Å². The fourth-order valence-electron chi connectivity index (χ4n) is 2.24. The first-order chi connectivity index (χ1) is 10.3. The molecule has 2 aromatic carbocycles. The van der Waals surface area contributed by atoms with Gasteiger partial charge in [-0.05, 0) is 30.2 Å². The van der Waals surface area contributed by atoms with Gasteiger partial charge >= 0.3 is 0 Å². The van der Waals surface area contributed by atoms with Crippen LogP contribution >= 0.6 is 11.8 Å². The molecule has 0 saturated carbocycles. The van der Waals surface area contributed by atoms with Gasteiger partial charge in [-0.15, -0.1) is 11.8 Å². The predicted octanol–water partition coefficient (Wildman–Crippen LogP) is 2.87. The maximum Gasteiger partial charge on any atom is 0.234 e. The molecule has 21 heavy (non-hydrogen) atoms. The van der Waals surface area contributed by atoms with Crippen LogP contribution in [-0.4, -0.2) is 17.7 Å². The lowest BCUT2D eigenvalue weighted by Gasteiger charge is -2.07. The van der Waals surface area contributed by atoms with E-state index in [2.05, 4.69) is 29.3 Å². The largest absolute Gasteiger partial charge is 0.344 e. The SMILES string of the molecule is O=C(NCC#Cc1ccccc1)[C@H]1Cc2ccccc2S1. The zero-order chi connectivity index (χ0) is 14.5. The minimum atomic E-state index is -0.0269. The zero-order valence-corrected chi connectivity index (χ0v) is 12.3. The smallest absolute Gasteiger partial charge is 0.234 e. The fourth-order valence-corrected chi connectivity index (χ4v) is 3.46. The van der Waals surface area contributed by atoms with E-state index in [0.29, 0.717) is 6.54 Å². The van der Waals surface area contributed by atoms with Crippen LogP contribution < -0.4 is 5.32 Å². The second-order valence-electron chi connectivity index (χ2n) is 4.80. The molecule has 0 radical (unpaired) electrons. The van der Waals surface area contributed by atoms with Crippen molar-refractivity contribution >= 4 is 17.7 Å². The summed E-state index contributed by atoms with van der Waals surface area (Å²) in [7, 11) is 0. The van der Waals surface area contributed by atoms with Gasteiger partial charge in [0.15, 0.2) is 0 Å². The number of carbonyl (C=O) groups excluding carboxylic acids is 1. The Morgan fingerprint density at radius 1 is 1.14 bits per heavy atom. The first-order valence-corrected chi connectivity index (χ1v) is 7.77. The van der Waals surface area contributed by atoms with Crippen molar-refractivity contribution in [2.24, 2.45) is 0 Å². The van der Waals surface area contributed by atoms with E-state index in [1.807, 2.05) is 42.5 Å². The van der Waals surface area contributed by atoms with Gasteiger partial charge in [0.2, 0.25) is 5.91 Å². The zero-order valence-electron chi connectivity index (χ0n) is 11.5. The molecule has 1 amide bonds. The Bertz CT molecular complexity index is 675. The summed E-state index contributed by atoms with van der Waals surface area (Å²) >= 11 is 1.64. The maximum atomic E-state index is 12.1. The minimum Gasteiger partial charge on any atom is -0.344 e. The summed E-state index contributed by atoms with van der Waals surface area (Å²) in [5.74, 6) is 6.09. The summed E-state index contributed by atoms with van der Waals surface area (Å²) < 4.78 is 0. The summed E-state index contributed by atoms with van der Waals surface area (Å²) in [6, 6.07) is 18.0. The van der Waals surface area contributed by atoms with Crippen molar-refractivity contribution in [3.05, 3.63) is 65.7 Å². The molecule has 1 aliphatic heterocycles. The summed E-state index contributed by atoms with van der Waals surface area (Å²) in [5.41, 5.74) is 2.23. The van der Waals surface area contributed by atoms with Crippen molar-refractivity contribution in [3.8, 4) is 11.8 Å². The highest BCUT2D eigenvalue weighted by Crippen LogP contribution is 2.36. The van der Waals surface area contributed by atoms with E-state index < -0.39 is 0 Å². The summed E-state index contributed by atoms with van der Waals surface area (Å²) in [6.07, 6.45) is 0.804. The monoisotopic (exact) mass is 293 g/mol. The Labute approximate surface area is 129 Å². The minimum absolute atomic E-state index is 0.0269. The molecule has 1 atom stereocenters. The highest BCUT2D eigenvalue weighted by molar-refractivity contribution is 8.01. The Morgan fingerprint density at radius 2 is 1.90 bits per heavy atom. The van der Waals surface area contributed by atoms with Crippen molar-refractivity contribution in [1.82, 2.24) is 5.32 Å². The van der Waals surface area contributed by atoms with Crippen LogP contribution in [0.3, 0.4) is 0 Å². The molecule has 2 aromatic rings. The molecule has 1 N–H and O–H groups in total. The molecule has 3 rings (SSSR count). The summed E-state index contributed by atoms with van der Waals surface area (Å²) in [4.78, 5) is 13.3. The number of nitrogens with one attached hydrogen (secondary N) is 1. The van der Waals surface area contributed by atoms with Gasteiger partial charge < -0.3 is 5.32 Å². The van der Waals surface area contributed by atoms with Crippen molar-refractivity contribution in [1.29, 1.82) is 0 Å². The molecule has 0 bridgehead atoms. The highest BCUT2D eigenvalue weighted by Gasteiger charge is 2.27. The second kappa shape index (κ2) is 6.51. The van der Waals surface area contributed by atoms with Crippen LogP contribution in [0.1, 0.15) is 11.1 Å². The molecule has 2 nitrogen and oxygen atoms in total. The van der Waals surface area contributed by atoms with Crippen molar-refractivity contribution in [2.45, 2.75) is 16.6 Å². The topological polar surface area (TPSA) is 29.1 Å². The van der Waals surface area contributed by atoms with Crippen molar-refractivity contribution in [3.63, 3.8) is 0 Å². The molecule has 0 saturated heterocycles. The van der Waals surface area contributed by atoms with E-state index in [-0.39, 0.29) is 11.2 Å². The Balaban J connectivity index is 1.51. The van der Waals surface area contributed by atoms with Gasteiger partial charge in [0.1, 0.15) is 0 Å². The number of carbonyl (C=O) groups is 1. The van der Waals surface area contributed by atoms with E-state index in [4.69, 9.17) is 0 Å². The van der Waals surface area contributed by atoms with E-state index in [1.165, 1.54) is 10.5 Å². The van der Waals surface area contributed by atoms with Gasteiger partial charge in [-0.25, -0.2) is 0 Å². The molecular weight excluding hydrogens is 278 g/mol. The number of rotatable bonds is 2. The lowest BCUT2D eigenvalue weighted by Crippen LogP contribution is -2.32. The van der Waals surface area contributed by atoms with E-state index in [9.17, 15) is 4.79 Å². The Morgan fingerprint density at radius 3 is 2.71 bits per heavy atom. The second-order valence-corrected chi connectivity index (χ2v) is 6.05. The van der Waals surface area contributed by atoms with Crippen LogP contribution in [-0.2, 0) is 11.2 Å². The Kier molecular flexibility index (Phi) is 4.28. The lowest BCUT2D eigenvalue weighted by molar-refractivity contribution is -0.120. The highest BCUT2D eigenvalue weighted by atomic mass is 32.2. The predicted molar refractivity (Wildman–Crippen MR) is 86.1 cm³/mol. The van der Waals surface area contributed by atoms with Gasteiger partial charge in [-0.2, -0.15) is 0 Å². The number of benzene rings is 2. The number of hydrogen-bond donors (Lipinski definition) is 1. The third-order valence-corrected chi connectivity index (χ3v) is 4.61. The van der Waals surface area contributed by atoms with E-state index in [0.717, 1.165) is 12.0 Å². The molecular formula is C18H15NOS. The number of fused-ring (bicyclic) bond motifs is 1. The normalized spacial score (nSPS) is 15.7. The van der Waals surface area contributed by atoms with Crippen LogP contribution in [0.5, 0.6) is 0 Å². The van der Waals surface area contributed by atoms with Crippen LogP contribution in [0, 0.1) is 11.8 Å². The number of thioether (sulfide) groups is 1. The average molecular weight is 293 g/mol. The van der Waals surface area contributed by atoms with Gasteiger partial charge in [-0.1, -0.05) is 48.2 Å². The van der Waals surface area contributed by atoms with Crippen LogP contribution in [0.2, 0.25) is 0 Å². The van der Waals surface area contributed by atoms with Crippen LogP contribution in [0.15, 0.2) is 59.5 Å². The van der Waals surface area contributed by atoms with Crippen LogP contribution in [0.25, 0.3) is 0 Å². The number of amides is 1. The molecule has 0 aromatic heterocycles. The van der Waals surface area contributed by atoms with Gasteiger partial charge in [-0.3, -0.25) is 4.79 Å². The van der Waals surface area contributed by atoms with Gasteiger partial charge in [0, 0.05) is 10.5 Å². The molecule has 104 valence electrons. The molecule has 0 aliphatic carbocycles. The molecule has 1 heterocycles.